The van der Waals surface area contributed by atoms with E-state index in [1.165, 1.54) is 6.92 Å². The van der Waals surface area contributed by atoms with E-state index in [0.717, 1.165) is 11.3 Å². The van der Waals surface area contributed by atoms with E-state index in [4.69, 9.17) is 0 Å². The summed E-state index contributed by atoms with van der Waals surface area (Å²) < 4.78 is 0. The van der Waals surface area contributed by atoms with Crippen LogP contribution in [0.25, 0.3) is 0 Å². The van der Waals surface area contributed by atoms with Crippen molar-refractivity contribution in [2.45, 2.75) is 19.9 Å². The molecular weight excluding hydrogens is 404 g/mol. The van der Waals surface area contributed by atoms with E-state index >= 15 is 0 Å². The molecular formula is C25H26N4O3. The Kier molecular flexibility index (Phi) is 7.59. The molecule has 32 heavy (non-hydrogen) atoms. The Hall–Kier alpha value is -4.13. The monoisotopic (exact) mass is 430 g/mol. The smallest absolute Gasteiger partial charge is 0.251 e. The van der Waals surface area contributed by atoms with Crippen LogP contribution in [0.2, 0.25) is 0 Å². The Labute approximate surface area is 187 Å². The van der Waals surface area contributed by atoms with Crippen molar-refractivity contribution in [3.63, 3.8) is 0 Å². The first-order valence-electron chi connectivity index (χ1n) is 10.3. The quantitative estimate of drug-likeness (QED) is 0.431. The Morgan fingerprint density at radius 1 is 0.750 bits per heavy atom. The zero-order chi connectivity index (χ0) is 22.9. The third-order valence-corrected chi connectivity index (χ3v) is 4.74. The molecule has 0 heterocycles. The Morgan fingerprint density at radius 2 is 1.31 bits per heavy atom. The van der Waals surface area contributed by atoms with Gasteiger partial charge in [0.1, 0.15) is 0 Å². The molecule has 0 saturated heterocycles. The summed E-state index contributed by atoms with van der Waals surface area (Å²) in [7, 11) is 0. The second-order valence-corrected chi connectivity index (χ2v) is 7.34. The molecule has 0 saturated carbocycles. The molecule has 1 unspecified atom stereocenters. The van der Waals surface area contributed by atoms with Gasteiger partial charge in [-0.3, -0.25) is 14.4 Å². The lowest BCUT2D eigenvalue weighted by molar-refractivity contribution is -0.115. The maximum Gasteiger partial charge on any atom is 0.251 e. The van der Waals surface area contributed by atoms with Gasteiger partial charge in [0.05, 0.1) is 12.6 Å². The molecule has 164 valence electrons. The van der Waals surface area contributed by atoms with Crippen LogP contribution in [-0.4, -0.2) is 24.3 Å². The molecule has 0 aliphatic carbocycles. The molecule has 0 aliphatic rings. The largest absolute Gasteiger partial charge is 0.376 e. The maximum atomic E-state index is 12.5. The van der Waals surface area contributed by atoms with Gasteiger partial charge in [-0.05, 0) is 61.0 Å². The minimum absolute atomic E-state index is 0.0734. The molecule has 0 bridgehead atoms. The fourth-order valence-corrected chi connectivity index (χ4v) is 3.07. The average molecular weight is 431 g/mol. The van der Waals surface area contributed by atoms with Crippen molar-refractivity contribution in [2.75, 3.05) is 22.5 Å². The summed E-state index contributed by atoms with van der Waals surface area (Å²) in [6.07, 6.45) is 0. The predicted octanol–water partition coefficient (Wildman–Crippen LogP) is 4.19. The number of rotatable bonds is 8. The van der Waals surface area contributed by atoms with Gasteiger partial charge in [-0.1, -0.05) is 30.3 Å². The second kappa shape index (κ2) is 10.8. The third kappa shape index (κ3) is 6.70. The number of carbonyl (C=O) groups is 3. The lowest BCUT2D eigenvalue weighted by Crippen LogP contribution is -2.26. The fourth-order valence-electron chi connectivity index (χ4n) is 3.07. The van der Waals surface area contributed by atoms with Crippen LogP contribution < -0.4 is 21.3 Å². The number of carbonyl (C=O) groups excluding carboxylic acids is 3. The summed E-state index contributed by atoms with van der Waals surface area (Å²) in [5, 5.41) is 11.5. The first-order chi connectivity index (χ1) is 15.4. The van der Waals surface area contributed by atoms with Crippen LogP contribution in [-0.2, 0) is 9.59 Å². The van der Waals surface area contributed by atoms with E-state index in [9.17, 15) is 14.4 Å². The Bertz CT molecular complexity index is 1060. The highest BCUT2D eigenvalue weighted by Crippen LogP contribution is 2.15. The van der Waals surface area contributed by atoms with E-state index in [-0.39, 0.29) is 30.3 Å². The normalized spacial score (nSPS) is 11.2. The molecule has 3 amide bonds. The SMILES string of the molecule is CC(=O)Nc1ccc(NC(=O)CNc2ccc(C(=O)NC(C)c3ccccc3)cc2)cc1. The minimum Gasteiger partial charge on any atom is -0.376 e. The van der Waals surface area contributed by atoms with Gasteiger partial charge in [0, 0.05) is 29.5 Å². The van der Waals surface area contributed by atoms with Gasteiger partial charge in [0.15, 0.2) is 0 Å². The van der Waals surface area contributed by atoms with Crippen LogP contribution in [0.15, 0.2) is 78.9 Å². The van der Waals surface area contributed by atoms with E-state index in [2.05, 4.69) is 21.3 Å². The van der Waals surface area contributed by atoms with Gasteiger partial charge < -0.3 is 21.3 Å². The molecule has 0 fully saturated rings. The van der Waals surface area contributed by atoms with Crippen LogP contribution in [0, 0.1) is 0 Å². The van der Waals surface area contributed by atoms with Gasteiger partial charge in [-0.2, -0.15) is 0 Å². The summed E-state index contributed by atoms with van der Waals surface area (Å²) in [6.45, 7) is 3.45. The van der Waals surface area contributed by atoms with E-state index in [0.29, 0.717) is 16.9 Å². The highest BCUT2D eigenvalue weighted by atomic mass is 16.2. The summed E-state index contributed by atoms with van der Waals surface area (Å²) in [4.78, 5) is 35.7. The molecule has 0 spiro atoms. The molecule has 0 aromatic heterocycles. The third-order valence-electron chi connectivity index (χ3n) is 4.74. The molecule has 1 atom stereocenters. The first kappa shape index (κ1) is 22.6. The van der Waals surface area contributed by atoms with Crippen molar-refractivity contribution < 1.29 is 14.4 Å². The number of anilines is 3. The standard InChI is InChI=1S/C25H26N4O3/c1-17(19-6-4-3-5-7-19)27-25(32)20-8-10-21(11-9-20)26-16-24(31)29-23-14-12-22(13-15-23)28-18(2)30/h3-15,17,26H,16H2,1-2H3,(H,27,32)(H,28,30)(H,29,31). The number of amides is 3. The van der Waals surface area contributed by atoms with Gasteiger partial charge >= 0.3 is 0 Å². The predicted molar refractivity (Wildman–Crippen MR) is 127 cm³/mol. The van der Waals surface area contributed by atoms with Crippen LogP contribution >= 0.6 is 0 Å². The molecule has 0 radical (unpaired) electrons. The lowest BCUT2D eigenvalue weighted by Gasteiger charge is -2.14. The maximum absolute atomic E-state index is 12.5. The number of benzene rings is 3. The van der Waals surface area contributed by atoms with Crippen molar-refractivity contribution >= 4 is 34.8 Å². The zero-order valence-electron chi connectivity index (χ0n) is 18.0. The van der Waals surface area contributed by atoms with Crippen molar-refractivity contribution in [3.05, 3.63) is 90.0 Å². The van der Waals surface area contributed by atoms with Crippen molar-refractivity contribution in [1.82, 2.24) is 5.32 Å². The first-order valence-corrected chi connectivity index (χ1v) is 10.3. The highest BCUT2D eigenvalue weighted by Gasteiger charge is 2.11. The van der Waals surface area contributed by atoms with Crippen molar-refractivity contribution in [2.24, 2.45) is 0 Å². The van der Waals surface area contributed by atoms with Gasteiger partial charge in [-0.15, -0.1) is 0 Å². The Balaban J connectivity index is 1.47. The molecule has 0 aliphatic heterocycles. The zero-order valence-corrected chi connectivity index (χ0v) is 18.0. The van der Waals surface area contributed by atoms with Crippen LogP contribution in [0.5, 0.6) is 0 Å². The molecule has 3 aromatic carbocycles. The highest BCUT2D eigenvalue weighted by molar-refractivity contribution is 5.96. The second-order valence-electron chi connectivity index (χ2n) is 7.34. The van der Waals surface area contributed by atoms with Crippen LogP contribution in [0.3, 0.4) is 0 Å². The van der Waals surface area contributed by atoms with Gasteiger partial charge in [-0.25, -0.2) is 0 Å². The van der Waals surface area contributed by atoms with Crippen molar-refractivity contribution in [1.29, 1.82) is 0 Å². The molecule has 7 heteroatoms. The van der Waals surface area contributed by atoms with Gasteiger partial charge in [0.25, 0.3) is 5.91 Å². The summed E-state index contributed by atoms with van der Waals surface area (Å²) in [5.74, 6) is -0.524. The van der Waals surface area contributed by atoms with E-state index in [1.807, 2.05) is 37.3 Å². The number of hydrogen-bond acceptors (Lipinski definition) is 4. The molecule has 7 nitrogen and oxygen atoms in total. The minimum atomic E-state index is -0.212. The lowest BCUT2D eigenvalue weighted by atomic mass is 10.1. The van der Waals surface area contributed by atoms with E-state index < -0.39 is 0 Å². The topological polar surface area (TPSA) is 99.3 Å². The Morgan fingerprint density at radius 3 is 1.91 bits per heavy atom. The molecule has 3 rings (SSSR count). The number of nitrogens with one attached hydrogen (secondary N) is 4. The van der Waals surface area contributed by atoms with Crippen LogP contribution in [0.1, 0.15) is 35.8 Å². The fraction of sp³-hybridized carbons (Fsp3) is 0.160. The average Bonchev–Trinajstić information content (AvgIpc) is 2.79. The van der Waals surface area contributed by atoms with Gasteiger partial charge in [0.2, 0.25) is 11.8 Å². The van der Waals surface area contributed by atoms with Crippen molar-refractivity contribution in [3.8, 4) is 0 Å². The number of hydrogen-bond donors (Lipinski definition) is 4. The van der Waals surface area contributed by atoms with Crippen LogP contribution in [0.4, 0.5) is 17.1 Å². The summed E-state index contributed by atoms with van der Waals surface area (Å²) >= 11 is 0. The van der Waals surface area contributed by atoms with E-state index in [1.54, 1.807) is 48.5 Å². The molecule has 3 aromatic rings. The summed E-state index contributed by atoms with van der Waals surface area (Å²) in [6, 6.07) is 23.5. The summed E-state index contributed by atoms with van der Waals surface area (Å²) in [5.41, 5.74) is 3.60. The molecule has 4 N–H and O–H groups in total.